The molecule has 10 heteroatoms. The number of aromatic nitrogens is 2. The first kappa shape index (κ1) is 23.4. The number of imide groups is 1. The van der Waals surface area contributed by atoms with Gasteiger partial charge in [-0.05, 0) is 45.1 Å². The Morgan fingerprint density at radius 2 is 1.73 bits per heavy atom. The zero-order valence-electron chi connectivity index (χ0n) is 19.5. The van der Waals surface area contributed by atoms with Crippen LogP contribution in [0.15, 0.2) is 12.4 Å². The average Bonchev–Trinajstić information content (AvgIpc) is 2.84. The lowest BCUT2D eigenvalue weighted by Crippen LogP contribution is -2.50. The molecule has 0 bridgehead atoms. The highest BCUT2D eigenvalue weighted by Crippen LogP contribution is 2.23. The maximum atomic E-state index is 12.4. The predicted octanol–water partition coefficient (Wildman–Crippen LogP) is 1.47. The number of likely N-dealkylation sites (tertiary alicyclic amines) is 1. The summed E-state index contributed by atoms with van der Waals surface area (Å²) in [4.78, 5) is 52.6. The summed E-state index contributed by atoms with van der Waals surface area (Å²) in [6.07, 6.45) is 9.86. The largest absolute Gasteiger partial charge is 0.355 e. The van der Waals surface area contributed by atoms with Crippen LogP contribution < -0.4 is 15.1 Å². The molecule has 4 heterocycles. The van der Waals surface area contributed by atoms with Crippen molar-refractivity contribution in [1.82, 2.24) is 25.1 Å². The maximum Gasteiger partial charge on any atom is 0.329 e. The Hall–Kier alpha value is -2.75. The summed E-state index contributed by atoms with van der Waals surface area (Å²) in [7, 11) is 2.12. The molecule has 4 amide bonds. The number of carbonyl (C=O) groups excluding carboxylic acids is 3. The smallest absolute Gasteiger partial charge is 0.329 e. The van der Waals surface area contributed by atoms with Gasteiger partial charge in [-0.1, -0.05) is 0 Å². The molecule has 0 atom stereocenters. The standard InChI is InChI=1S/C23H35N7O3/c1-27(11-8-22(32)29-9-3-2-4-10-29)17-18-5-12-28(13-6-18)19-15-25-20(16-24-19)30-14-7-21(31)26-23(30)33/h15-16,18H,2-14,17H2,1H3,(H,26,31,33). The van der Waals surface area contributed by atoms with Crippen LogP contribution in [0.1, 0.15) is 44.9 Å². The highest BCUT2D eigenvalue weighted by atomic mass is 16.2. The van der Waals surface area contributed by atoms with E-state index in [2.05, 4.69) is 32.1 Å². The second-order valence-corrected chi connectivity index (χ2v) is 9.37. The van der Waals surface area contributed by atoms with Crippen LogP contribution in [0.4, 0.5) is 16.4 Å². The molecule has 1 N–H and O–H groups in total. The fourth-order valence-corrected chi connectivity index (χ4v) is 4.86. The number of urea groups is 1. The van der Waals surface area contributed by atoms with Gasteiger partial charge in [0.25, 0.3) is 0 Å². The van der Waals surface area contributed by atoms with Crippen molar-refractivity contribution in [2.75, 3.05) is 62.7 Å². The second-order valence-electron chi connectivity index (χ2n) is 9.37. The number of anilines is 2. The third-order valence-corrected chi connectivity index (χ3v) is 6.88. The van der Waals surface area contributed by atoms with E-state index in [1.807, 2.05) is 4.90 Å². The van der Waals surface area contributed by atoms with Crippen molar-refractivity contribution in [3.05, 3.63) is 12.4 Å². The van der Waals surface area contributed by atoms with Crippen molar-refractivity contribution in [3.63, 3.8) is 0 Å². The van der Waals surface area contributed by atoms with E-state index in [-0.39, 0.29) is 12.3 Å². The zero-order chi connectivity index (χ0) is 23.2. The Kier molecular flexibility index (Phi) is 7.74. The molecule has 10 nitrogen and oxygen atoms in total. The molecule has 0 aliphatic carbocycles. The minimum atomic E-state index is -0.448. The first-order valence-electron chi connectivity index (χ1n) is 12.1. The van der Waals surface area contributed by atoms with Crippen LogP contribution in [0.3, 0.4) is 0 Å². The van der Waals surface area contributed by atoms with Crippen LogP contribution in [0.5, 0.6) is 0 Å². The fourth-order valence-electron chi connectivity index (χ4n) is 4.86. The van der Waals surface area contributed by atoms with E-state index in [0.29, 0.717) is 30.6 Å². The van der Waals surface area contributed by atoms with Gasteiger partial charge in [-0.2, -0.15) is 0 Å². The van der Waals surface area contributed by atoms with Gasteiger partial charge in [-0.25, -0.2) is 14.8 Å². The van der Waals surface area contributed by atoms with Gasteiger partial charge in [0, 0.05) is 58.7 Å². The molecule has 0 spiro atoms. The summed E-state index contributed by atoms with van der Waals surface area (Å²) in [6, 6.07) is -0.448. The van der Waals surface area contributed by atoms with E-state index in [0.717, 1.165) is 70.8 Å². The van der Waals surface area contributed by atoms with E-state index >= 15 is 0 Å². The number of carbonyl (C=O) groups is 3. The molecule has 3 aliphatic rings. The molecule has 33 heavy (non-hydrogen) atoms. The monoisotopic (exact) mass is 457 g/mol. The Labute approximate surface area is 195 Å². The van der Waals surface area contributed by atoms with Crippen LogP contribution in [0.2, 0.25) is 0 Å². The van der Waals surface area contributed by atoms with Crippen molar-refractivity contribution >= 4 is 29.5 Å². The third kappa shape index (κ3) is 6.19. The number of amides is 4. The van der Waals surface area contributed by atoms with Gasteiger partial charge in [0.2, 0.25) is 11.8 Å². The van der Waals surface area contributed by atoms with Crippen molar-refractivity contribution in [2.45, 2.75) is 44.9 Å². The Morgan fingerprint density at radius 1 is 1.03 bits per heavy atom. The maximum absolute atomic E-state index is 12.4. The number of nitrogens with one attached hydrogen (secondary N) is 1. The summed E-state index contributed by atoms with van der Waals surface area (Å²) in [5.41, 5.74) is 0. The third-order valence-electron chi connectivity index (χ3n) is 6.88. The predicted molar refractivity (Wildman–Crippen MR) is 125 cm³/mol. The van der Waals surface area contributed by atoms with Crippen molar-refractivity contribution in [2.24, 2.45) is 5.92 Å². The van der Waals surface area contributed by atoms with Crippen LogP contribution in [-0.2, 0) is 9.59 Å². The van der Waals surface area contributed by atoms with Crippen LogP contribution in [0.25, 0.3) is 0 Å². The van der Waals surface area contributed by atoms with Crippen molar-refractivity contribution in [1.29, 1.82) is 0 Å². The molecule has 1 aromatic rings. The van der Waals surface area contributed by atoms with E-state index in [4.69, 9.17) is 0 Å². The van der Waals surface area contributed by atoms with Crippen molar-refractivity contribution in [3.8, 4) is 0 Å². The molecule has 3 saturated heterocycles. The van der Waals surface area contributed by atoms with Gasteiger partial charge in [0.1, 0.15) is 5.82 Å². The summed E-state index contributed by atoms with van der Waals surface area (Å²) in [6.45, 7) is 5.83. The van der Waals surface area contributed by atoms with Gasteiger partial charge >= 0.3 is 6.03 Å². The summed E-state index contributed by atoms with van der Waals surface area (Å²) < 4.78 is 0. The number of piperidine rings is 2. The SMILES string of the molecule is CN(CCC(=O)N1CCCCC1)CC1CCN(c2cnc(N3CCC(=O)NC3=O)cn2)CC1. The lowest BCUT2D eigenvalue weighted by Gasteiger charge is -2.35. The number of rotatable bonds is 7. The van der Waals surface area contributed by atoms with Gasteiger partial charge in [0.15, 0.2) is 5.82 Å². The molecule has 0 unspecified atom stereocenters. The van der Waals surface area contributed by atoms with Crippen LogP contribution in [-0.4, -0.2) is 90.5 Å². The molecule has 0 aromatic carbocycles. The van der Waals surface area contributed by atoms with E-state index in [9.17, 15) is 14.4 Å². The first-order valence-corrected chi connectivity index (χ1v) is 12.1. The molecule has 180 valence electrons. The van der Waals surface area contributed by atoms with Crippen LogP contribution in [0, 0.1) is 5.92 Å². The minimum absolute atomic E-state index is 0.261. The summed E-state index contributed by atoms with van der Waals surface area (Å²) >= 11 is 0. The highest BCUT2D eigenvalue weighted by Gasteiger charge is 2.26. The van der Waals surface area contributed by atoms with Gasteiger partial charge in [-0.3, -0.25) is 19.8 Å². The van der Waals surface area contributed by atoms with Crippen molar-refractivity contribution < 1.29 is 14.4 Å². The zero-order valence-corrected chi connectivity index (χ0v) is 19.5. The molecule has 0 saturated carbocycles. The molecule has 4 rings (SSSR count). The second kappa shape index (κ2) is 10.9. The lowest BCUT2D eigenvalue weighted by atomic mass is 9.96. The quantitative estimate of drug-likeness (QED) is 0.662. The molecule has 3 aliphatic heterocycles. The fraction of sp³-hybridized carbons (Fsp3) is 0.696. The topological polar surface area (TPSA) is 102 Å². The molecule has 1 aromatic heterocycles. The van der Waals surface area contributed by atoms with Gasteiger partial charge in [-0.15, -0.1) is 0 Å². The lowest BCUT2D eigenvalue weighted by molar-refractivity contribution is -0.132. The summed E-state index contributed by atoms with van der Waals surface area (Å²) in [5, 5.41) is 2.30. The van der Waals surface area contributed by atoms with E-state index in [1.165, 1.54) is 11.3 Å². The Balaban J connectivity index is 1.19. The van der Waals surface area contributed by atoms with E-state index < -0.39 is 6.03 Å². The van der Waals surface area contributed by atoms with Gasteiger partial charge < -0.3 is 14.7 Å². The number of hydrogen-bond donors (Lipinski definition) is 1. The first-order chi connectivity index (χ1) is 16.0. The minimum Gasteiger partial charge on any atom is -0.355 e. The molecule has 0 radical (unpaired) electrons. The molecular formula is C23H35N7O3. The van der Waals surface area contributed by atoms with E-state index in [1.54, 1.807) is 12.4 Å². The highest BCUT2D eigenvalue weighted by molar-refractivity contribution is 6.05. The Bertz CT molecular complexity index is 833. The molecule has 3 fully saturated rings. The number of hydrogen-bond acceptors (Lipinski definition) is 7. The summed E-state index contributed by atoms with van der Waals surface area (Å²) in [5.74, 6) is 1.92. The Morgan fingerprint density at radius 3 is 2.39 bits per heavy atom. The van der Waals surface area contributed by atoms with Crippen LogP contribution >= 0.6 is 0 Å². The number of nitrogens with zero attached hydrogens (tertiary/aromatic N) is 6. The normalized spacial score (nSPS) is 20.4. The van der Waals surface area contributed by atoms with Gasteiger partial charge in [0.05, 0.1) is 12.4 Å². The molecular weight excluding hydrogens is 422 g/mol. The average molecular weight is 458 g/mol.